The molecule has 0 aliphatic carbocycles. The second kappa shape index (κ2) is 5.04. The maximum absolute atomic E-state index is 12.0. The van der Waals surface area contributed by atoms with E-state index in [4.69, 9.17) is 17.3 Å². The van der Waals surface area contributed by atoms with Gasteiger partial charge in [-0.1, -0.05) is 11.6 Å². The molecule has 0 unspecified atom stereocenters. The van der Waals surface area contributed by atoms with Crippen LogP contribution in [0.15, 0.2) is 35.1 Å². The Morgan fingerprint density at radius 1 is 1.39 bits per heavy atom. The van der Waals surface area contributed by atoms with E-state index in [9.17, 15) is 4.79 Å². The molecule has 1 aromatic carbocycles. The summed E-state index contributed by atoms with van der Waals surface area (Å²) in [6.45, 7) is 0. The van der Waals surface area contributed by atoms with Crippen molar-refractivity contribution in [3.8, 4) is 0 Å². The first kappa shape index (κ1) is 13.0. The lowest BCUT2D eigenvalue weighted by Gasteiger charge is -2.05. The van der Waals surface area contributed by atoms with E-state index in [2.05, 4.69) is 21.2 Å². The number of nitrogens with two attached hydrogens (primary N) is 1. The van der Waals surface area contributed by atoms with E-state index in [1.807, 2.05) is 7.05 Å². The number of rotatable bonds is 2. The number of nitrogens with zero attached hydrogens (tertiary/aromatic N) is 1. The minimum Gasteiger partial charge on any atom is -0.399 e. The van der Waals surface area contributed by atoms with Crippen molar-refractivity contribution in [2.45, 2.75) is 0 Å². The molecule has 0 fully saturated rings. The maximum atomic E-state index is 12.0. The molecule has 0 saturated heterocycles. The average Bonchev–Trinajstić information content (AvgIpc) is 2.57. The van der Waals surface area contributed by atoms with Crippen molar-refractivity contribution in [3.63, 3.8) is 0 Å². The van der Waals surface area contributed by atoms with Crippen LogP contribution in [0.5, 0.6) is 0 Å². The van der Waals surface area contributed by atoms with Crippen LogP contribution in [0.1, 0.15) is 10.4 Å². The Morgan fingerprint density at radius 3 is 2.67 bits per heavy atom. The van der Waals surface area contributed by atoms with E-state index in [1.54, 1.807) is 35.0 Å². The average molecular weight is 329 g/mol. The number of nitrogens with one attached hydrogen (secondary N) is 1. The first-order chi connectivity index (χ1) is 8.45. The van der Waals surface area contributed by atoms with Crippen molar-refractivity contribution in [2.24, 2.45) is 7.05 Å². The molecule has 0 atom stereocenters. The molecule has 6 heteroatoms. The van der Waals surface area contributed by atoms with Gasteiger partial charge < -0.3 is 15.6 Å². The van der Waals surface area contributed by atoms with Crippen molar-refractivity contribution in [1.82, 2.24) is 4.57 Å². The van der Waals surface area contributed by atoms with Gasteiger partial charge in [0.2, 0.25) is 0 Å². The number of aromatic nitrogens is 1. The second-order valence-electron chi connectivity index (χ2n) is 3.89. The highest BCUT2D eigenvalue weighted by Gasteiger charge is 2.10. The molecule has 1 aromatic heterocycles. The van der Waals surface area contributed by atoms with Crippen LogP contribution in [-0.2, 0) is 7.05 Å². The molecule has 3 N–H and O–H groups in total. The lowest BCUT2D eigenvalue weighted by atomic mass is 10.2. The number of anilines is 2. The van der Waals surface area contributed by atoms with Gasteiger partial charge in [-0.25, -0.2) is 0 Å². The molecule has 94 valence electrons. The molecule has 0 aliphatic rings. The number of hydrogen-bond acceptors (Lipinski definition) is 2. The SMILES string of the molecule is Cn1cc(C(=O)Nc2cc(N)cc(Cl)c2)cc1Br. The highest BCUT2D eigenvalue weighted by atomic mass is 79.9. The fraction of sp³-hybridized carbons (Fsp3) is 0.0833. The first-order valence-electron chi connectivity index (χ1n) is 5.15. The largest absolute Gasteiger partial charge is 0.399 e. The van der Waals surface area contributed by atoms with E-state index >= 15 is 0 Å². The molecular weight excluding hydrogens is 318 g/mol. The third kappa shape index (κ3) is 2.86. The Bertz CT molecular complexity index is 570. The summed E-state index contributed by atoms with van der Waals surface area (Å²) < 4.78 is 2.64. The Kier molecular flexibility index (Phi) is 3.63. The summed E-state index contributed by atoms with van der Waals surface area (Å²) in [6, 6.07) is 6.66. The van der Waals surface area contributed by atoms with Crippen LogP contribution in [-0.4, -0.2) is 10.5 Å². The highest BCUT2D eigenvalue weighted by molar-refractivity contribution is 9.10. The zero-order valence-electron chi connectivity index (χ0n) is 9.58. The van der Waals surface area contributed by atoms with Crippen LogP contribution in [0.2, 0.25) is 5.02 Å². The maximum Gasteiger partial charge on any atom is 0.257 e. The van der Waals surface area contributed by atoms with Crippen molar-refractivity contribution >= 4 is 44.8 Å². The summed E-state index contributed by atoms with van der Waals surface area (Å²) in [5.74, 6) is -0.210. The second-order valence-corrected chi connectivity index (χ2v) is 5.14. The molecule has 0 spiro atoms. The van der Waals surface area contributed by atoms with Crippen LogP contribution < -0.4 is 11.1 Å². The molecule has 2 rings (SSSR count). The molecule has 0 bridgehead atoms. The van der Waals surface area contributed by atoms with E-state index < -0.39 is 0 Å². The number of carbonyl (C=O) groups excluding carboxylic acids is 1. The van der Waals surface area contributed by atoms with Gasteiger partial charge in [-0.3, -0.25) is 4.79 Å². The van der Waals surface area contributed by atoms with Gasteiger partial charge in [0.25, 0.3) is 5.91 Å². The molecular formula is C12H11BrClN3O. The van der Waals surface area contributed by atoms with Crippen LogP contribution in [0.3, 0.4) is 0 Å². The number of halogens is 2. The van der Waals surface area contributed by atoms with Crippen molar-refractivity contribution < 1.29 is 4.79 Å². The minimum atomic E-state index is -0.210. The van der Waals surface area contributed by atoms with Gasteiger partial charge in [0.1, 0.15) is 0 Å². The van der Waals surface area contributed by atoms with Crippen LogP contribution in [0.4, 0.5) is 11.4 Å². The van der Waals surface area contributed by atoms with E-state index in [-0.39, 0.29) is 5.91 Å². The smallest absolute Gasteiger partial charge is 0.257 e. The Labute approximate surface area is 118 Å². The standard InChI is InChI=1S/C12H11BrClN3O/c1-17-6-7(2-11(17)13)12(18)16-10-4-8(14)3-9(15)5-10/h2-6H,15H2,1H3,(H,16,18). The number of carbonyl (C=O) groups is 1. The molecule has 4 nitrogen and oxygen atoms in total. The quantitative estimate of drug-likeness (QED) is 0.831. The summed E-state index contributed by atoms with van der Waals surface area (Å²) in [7, 11) is 1.85. The van der Waals surface area contributed by atoms with E-state index in [1.165, 1.54) is 0 Å². The topological polar surface area (TPSA) is 60.0 Å². The van der Waals surface area contributed by atoms with Gasteiger partial charge in [-0.2, -0.15) is 0 Å². The third-order valence-electron chi connectivity index (χ3n) is 2.38. The van der Waals surface area contributed by atoms with E-state index in [0.717, 1.165) is 4.60 Å². The lowest BCUT2D eigenvalue weighted by molar-refractivity contribution is 0.102. The normalized spacial score (nSPS) is 10.4. The zero-order chi connectivity index (χ0) is 13.3. The van der Waals surface area contributed by atoms with Gasteiger partial charge in [-0.15, -0.1) is 0 Å². The summed E-state index contributed by atoms with van der Waals surface area (Å²) in [4.78, 5) is 12.0. The van der Waals surface area contributed by atoms with Gasteiger partial charge in [-0.05, 0) is 40.2 Å². The third-order valence-corrected chi connectivity index (χ3v) is 3.39. The number of nitrogen functional groups attached to an aromatic ring is 1. The van der Waals surface area contributed by atoms with E-state index in [0.29, 0.717) is 22.0 Å². The molecule has 2 aromatic rings. The summed E-state index contributed by atoms with van der Waals surface area (Å²) in [6.07, 6.45) is 1.73. The number of amides is 1. The minimum absolute atomic E-state index is 0.210. The van der Waals surface area contributed by atoms with Gasteiger partial charge >= 0.3 is 0 Å². The molecule has 0 saturated carbocycles. The number of hydrogen-bond donors (Lipinski definition) is 2. The fourth-order valence-corrected chi connectivity index (χ4v) is 2.14. The van der Waals surface area contributed by atoms with Gasteiger partial charge in [0.15, 0.2) is 0 Å². The fourth-order valence-electron chi connectivity index (χ4n) is 1.55. The summed E-state index contributed by atoms with van der Waals surface area (Å²) in [5.41, 5.74) is 7.29. The van der Waals surface area contributed by atoms with Crippen LogP contribution >= 0.6 is 27.5 Å². The number of aryl methyl sites for hydroxylation is 1. The molecule has 0 aliphatic heterocycles. The van der Waals surface area contributed by atoms with Crippen molar-refractivity contribution in [1.29, 1.82) is 0 Å². The summed E-state index contributed by atoms with van der Waals surface area (Å²) >= 11 is 9.20. The Hall–Kier alpha value is -1.46. The predicted molar refractivity (Wildman–Crippen MR) is 76.9 cm³/mol. The monoisotopic (exact) mass is 327 g/mol. The Morgan fingerprint density at radius 2 is 2.11 bits per heavy atom. The van der Waals surface area contributed by atoms with Gasteiger partial charge in [0.05, 0.1) is 10.2 Å². The Balaban J connectivity index is 2.21. The predicted octanol–water partition coefficient (Wildman–Crippen LogP) is 3.28. The van der Waals surface area contributed by atoms with Crippen LogP contribution in [0.25, 0.3) is 0 Å². The first-order valence-corrected chi connectivity index (χ1v) is 6.32. The lowest BCUT2D eigenvalue weighted by Crippen LogP contribution is -2.11. The number of benzene rings is 1. The van der Waals surface area contributed by atoms with Crippen LogP contribution in [0, 0.1) is 0 Å². The molecule has 0 radical (unpaired) electrons. The van der Waals surface area contributed by atoms with Gasteiger partial charge in [0, 0.05) is 29.6 Å². The molecule has 1 heterocycles. The van der Waals surface area contributed by atoms with Crippen molar-refractivity contribution in [3.05, 3.63) is 45.7 Å². The zero-order valence-corrected chi connectivity index (χ0v) is 11.9. The highest BCUT2D eigenvalue weighted by Crippen LogP contribution is 2.21. The molecule has 18 heavy (non-hydrogen) atoms. The molecule has 1 amide bonds. The van der Waals surface area contributed by atoms with Crippen molar-refractivity contribution in [2.75, 3.05) is 11.1 Å². The summed E-state index contributed by atoms with van der Waals surface area (Å²) in [5, 5.41) is 3.23.